The summed E-state index contributed by atoms with van der Waals surface area (Å²) in [6.45, 7) is 7.69. The molecule has 0 radical (unpaired) electrons. The van der Waals surface area contributed by atoms with Gasteiger partial charge in [-0.15, -0.1) is 0 Å². The Kier molecular flexibility index (Phi) is 4.90. The van der Waals surface area contributed by atoms with Gasteiger partial charge < -0.3 is 10.6 Å². The second-order valence-electron chi connectivity index (χ2n) is 5.98. The number of likely N-dealkylation sites (tertiary alicyclic amines) is 1. The fourth-order valence-electron chi connectivity index (χ4n) is 2.77. The molecular formula is C13H26N4O2S. The van der Waals surface area contributed by atoms with E-state index in [-0.39, 0.29) is 5.75 Å². The van der Waals surface area contributed by atoms with Crippen LogP contribution >= 0.6 is 0 Å². The predicted molar refractivity (Wildman–Crippen MR) is 81.0 cm³/mol. The molecular weight excluding hydrogens is 276 g/mol. The zero-order chi connectivity index (χ0) is 14.8. The lowest BCUT2D eigenvalue weighted by molar-refractivity contribution is 0.206. The second kappa shape index (κ2) is 6.30. The molecule has 2 rings (SSSR count). The molecule has 0 saturated carbocycles. The minimum atomic E-state index is -3.02. The van der Waals surface area contributed by atoms with Crippen molar-refractivity contribution in [2.24, 2.45) is 22.6 Å². The van der Waals surface area contributed by atoms with E-state index in [0.717, 1.165) is 13.1 Å². The topological polar surface area (TPSA) is 79.0 Å². The van der Waals surface area contributed by atoms with Crippen molar-refractivity contribution in [3.8, 4) is 0 Å². The molecule has 0 aliphatic carbocycles. The standard InChI is InChI=1S/C13H26N4O2S/c1-3-20(18,19)17-9-12(10-17)7-15-13(14)16-6-4-5-11(2)8-16/h11-12H,3-10H2,1-2H3,(H2,14,15). The lowest BCUT2D eigenvalue weighted by atomic mass is 10.0. The summed E-state index contributed by atoms with van der Waals surface area (Å²) in [7, 11) is -3.02. The van der Waals surface area contributed by atoms with Crippen molar-refractivity contribution in [3.63, 3.8) is 0 Å². The molecule has 2 heterocycles. The highest BCUT2D eigenvalue weighted by atomic mass is 32.2. The number of sulfonamides is 1. The summed E-state index contributed by atoms with van der Waals surface area (Å²) >= 11 is 0. The van der Waals surface area contributed by atoms with Crippen molar-refractivity contribution >= 4 is 16.0 Å². The van der Waals surface area contributed by atoms with Gasteiger partial charge in [-0.2, -0.15) is 0 Å². The molecule has 2 aliphatic heterocycles. The van der Waals surface area contributed by atoms with Crippen molar-refractivity contribution in [1.29, 1.82) is 0 Å². The predicted octanol–water partition coefficient (Wildman–Crippen LogP) is 0.315. The minimum absolute atomic E-state index is 0.177. The van der Waals surface area contributed by atoms with Gasteiger partial charge in [0.05, 0.1) is 5.75 Å². The molecule has 1 unspecified atom stereocenters. The van der Waals surface area contributed by atoms with Gasteiger partial charge in [-0.1, -0.05) is 6.92 Å². The Labute approximate surface area is 122 Å². The Balaban J connectivity index is 1.77. The van der Waals surface area contributed by atoms with E-state index in [1.807, 2.05) is 0 Å². The van der Waals surface area contributed by atoms with Gasteiger partial charge in [0.1, 0.15) is 0 Å². The van der Waals surface area contributed by atoms with Crippen LogP contribution in [0.2, 0.25) is 0 Å². The minimum Gasteiger partial charge on any atom is -0.370 e. The summed E-state index contributed by atoms with van der Waals surface area (Å²) in [6, 6.07) is 0. The van der Waals surface area contributed by atoms with Crippen molar-refractivity contribution in [2.45, 2.75) is 26.7 Å². The third-order valence-corrected chi connectivity index (χ3v) is 5.99. The molecule has 0 aromatic carbocycles. The zero-order valence-electron chi connectivity index (χ0n) is 12.5. The van der Waals surface area contributed by atoms with Crippen LogP contribution in [0.3, 0.4) is 0 Å². The van der Waals surface area contributed by atoms with Gasteiger partial charge in [0.2, 0.25) is 10.0 Å². The number of hydrogen-bond donors (Lipinski definition) is 1. The Morgan fingerprint density at radius 2 is 2.05 bits per heavy atom. The van der Waals surface area contributed by atoms with E-state index >= 15 is 0 Å². The van der Waals surface area contributed by atoms with E-state index in [1.165, 1.54) is 17.1 Å². The molecule has 0 aromatic rings. The third-order valence-electron chi connectivity index (χ3n) is 4.17. The maximum absolute atomic E-state index is 11.6. The van der Waals surface area contributed by atoms with Crippen molar-refractivity contribution in [1.82, 2.24) is 9.21 Å². The van der Waals surface area contributed by atoms with E-state index in [2.05, 4.69) is 16.8 Å². The van der Waals surface area contributed by atoms with Gasteiger partial charge in [-0.05, 0) is 25.7 Å². The highest BCUT2D eigenvalue weighted by Crippen LogP contribution is 2.20. The van der Waals surface area contributed by atoms with E-state index in [1.54, 1.807) is 6.92 Å². The Morgan fingerprint density at radius 1 is 1.35 bits per heavy atom. The molecule has 7 heteroatoms. The molecule has 2 saturated heterocycles. The maximum atomic E-state index is 11.6. The summed E-state index contributed by atoms with van der Waals surface area (Å²) < 4.78 is 24.7. The number of rotatable bonds is 4. The van der Waals surface area contributed by atoms with Crippen molar-refractivity contribution in [2.75, 3.05) is 38.5 Å². The van der Waals surface area contributed by atoms with Crippen LogP contribution in [0.5, 0.6) is 0 Å². The van der Waals surface area contributed by atoms with Gasteiger partial charge >= 0.3 is 0 Å². The van der Waals surface area contributed by atoms with Crippen LogP contribution in [-0.2, 0) is 10.0 Å². The monoisotopic (exact) mass is 302 g/mol. The van der Waals surface area contributed by atoms with E-state index in [4.69, 9.17) is 5.73 Å². The first-order chi connectivity index (χ1) is 9.42. The average molecular weight is 302 g/mol. The van der Waals surface area contributed by atoms with Crippen LogP contribution in [-0.4, -0.2) is 62.1 Å². The van der Waals surface area contributed by atoms with Gasteiger partial charge in [-0.25, -0.2) is 12.7 Å². The summed E-state index contributed by atoms with van der Waals surface area (Å²) in [4.78, 5) is 6.59. The van der Waals surface area contributed by atoms with Gasteiger partial charge in [0.15, 0.2) is 5.96 Å². The van der Waals surface area contributed by atoms with Crippen molar-refractivity contribution < 1.29 is 8.42 Å². The normalized spacial score (nSPS) is 26.6. The van der Waals surface area contributed by atoms with Crippen LogP contribution < -0.4 is 5.73 Å². The number of aliphatic imine (C=N–C) groups is 1. The Hall–Kier alpha value is -0.820. The average Bonchev–Trinajstić information content (AvgIpc) is 2.36. The highest BCUT2D eigenvalue weighted by molar-refractivity contribution is 7.89. The summed E-state index contributed by atoms with van der Waals surface area (Å²) in [5.74, 6) is 1.79. The number of nitrogens with two attached hydrogens (primary N) is 1. The first-order valence-corrected chi connectivity index (χ1v) is 9.06. The van der Waals surface area contributed by atoms with Crippen LogP contribution in [0.15, 0.2) is 4.99 Å². The molecule has 2 aliphatic rings. The third kappa shape index (κ3) is 3.63. The van der Waals surface area contributed by atoms with Gasteiger partial charge in [-0.3, -0.25) is 4.99 Å². The van der Waals surface area contributed by atoms with E-state index < -0.39 is 10.0 Å². The first kappa shape index (κ1) is 15.6. The van der Waals surface area contributed by atoms with Crippen LogP contribution in [0.1, 0.15) is 26.7 Å². The number of hydrogen-bond acceptors (Lipinski definition) is 3. The van der Waals surface area contributed by atoms with Crippen LogP contribution in [0, 0.1) is 11.8 Å². The maximum Gasteiger partial charge on any atom is 0.213 e. The van der Waals surface area contributed by atoms with Gasteiger partial charge in [0, 0.05) is 38.6 Å². The molecule has 116 valence electrons. The highest BCUT2D eigenvalue weighted by Gasteiger charge is 2.34. The summed E-state index contributed by atoms with van der Waals surface area (Å²) in [5.41, 5.74) is 6.03. The molecule has 0 spiro atoms. The largest absolute Gasteiger partial charge is 0.370 e. The number of guanidine groups is 1. The number of piperidine rings is 1. The van der Waals surface area contributed by atoms with Crippen molar-refractivity contribution in [3.05, 3.63) is 0 Å². The lowest BCUT2D eigenvalue weighted by Crippen LogP contribution is -2.52. The fourth-order valence-corrected chi connectivity index (χ4v) is 4.01. The first-order valence-electron chi connectivity index (χ1n) is 7.45. The van der Waals surface area contributed by atoms with Crippen LogP contribution in [0.4, 0.5) is 0 Å². The molecule has 2 fully saturated rings. The zero-order valence-corrected chi connectivity index (χ0v) is 13.3. The molecule has 2 N–H and O–H groups in total. The molecule has 20 heavy (non-hydrogen) atoms. The molecule has 0 amide bonds. The van der Waals surface area contributed by atoms with E-state index in [9.17, 15) is 8.42 Å². The molecule has 0 aromatic heterocycles. The SMILES string of the molecule is CCS(=O)(=O)N1CC(CN=C(N)N2CCCC(C)C2)C1. The smallest absolute Gasteiger partial charge is 0.213 e. The summed E-state index contributed by atoms with van der Waals surface area (Å²) in [6.07, 6.45) is 2.43. The fraction of sp³-hybridized carbons (Fsp3) is 0.923. The summed E-state index contributed by atoms with van der Waals surface area (Å²) in [5, 5.41) is 0. The number of nitrogens with zero attached hydrogens (tertiary/aromatic N) is 3. The Morgan fingerprint density at radius 3 is 2.65 bits per heavy atom. The molecule has 1 atom stereocenters. The second-order valence-corrected chi connectivity index (χ2v) is 8.23. The molecule has 0 bridgehead atoms. The van der Waals surface area contributed by atoms with Gasteiger partial charge in [0.25, 0.3) is 0 Å². The Bertz CT molecular complexity index is 457. The molecule has 6 nitrogen and oxygen atoms in total. The quantitative estimate of drug-likeness (QED) is 0.599. The van der Waals surface area contributed by atoms with E-state index in [0.29, 0.717) is 37.4 Å². The van der Waals surface area contributed by atoms with Crippen LogP contribution in [0.25, 0.3) is 0 Å². The lowest BCUT2D eigenvalue weighted by Gasteiger charge is -2.37.